The lowest BCUT2D eigenvalue weighted by atomic mass is 10.1. The summed E-state index contributed by atoms with van der Waals surface area (Å²) in [6.07, 6.45) is 1.68. The van der Waals surface area contributed by atoms with Crippen molar-refractivity contribution in [2.24, 2.45) is 0 Å². The van der Waals surface area contributed by atoms with Crippen LogP contribution in [0.15, 0.2) is 95.9 Å². The lowest BCUT2D eigenvalue weighted by Crippen LogP contribution is -2.32. The number of nitrogens with zero attached hydrogens (tertiary/aromatic N) is 1. The molecule has 0 aliphatic carbocycles. The fourth-order valence-electron chi connectivity index (χ4n) is 4.09. The molecule has 0 bridgehead atoms. The lowest BCUT2D eigenvalue weighted by molar-refractivity contribution is -0.123. The molecule has 0 N–H and O–H groups in total. The van der Waals surface area contributed by atoms with Gasteiger partial charge in [0.15, 0.2) is 11.5 Å². The van der Waals surface area contributed by atoms with Crippen molar-refractivity contribution in [1.82, 2.24) is 4.90 Å². The molecule has 2 amide bonds. The van der Waals surface area contributed by atoms with E-state index in [9.17, 15) is 9.59 Å². The second-order valence-electron chi connectivity index (χ2n) is 8.31. The first kappa shape index (κ1) is 24.5. The van der Waals surface area contributed by atoms with Crippen LogP contribution < -0.4 is 14.2 Å². The van der Waals surface area contributed by atoms with Crippen LogP contribution in [0, 0.1) is 0 Å². The van der Waals surface area contributed by atoms with Gasteiger partial charge in [0.1, 0.15) is 19.0 Å². The van der Waals surface area contributed by atoms with Gasteiger partial charge in [-0.2, -0.15) is 0 Å². The zero-order chi connectivity index (χ0) is 25.6. The van der Waals surface area contributed by atoms with E-state index in [-0.39, 0.29) is 24.3 Å². The molecule has 7 heteroatoms. The van der Waals surface area contributed by atoms with Gasteiger partial charge >= 0.3 is 0 Å². The highest BCUT2D eigenvalue weighted by Gasteiger charge is 2.35. The van der Waals surface area contributed by atoms with Crippen molar-refractivity contribution in [3.8, 4) is 17.2 Å². The highest BCUT2D eigenvalue weighted by Crippen LogP contribution is 2.37. The molecule has 1 fully saturated rings. The Morgan fingerprint density at radius 2 is 1.54 bits per heavy atom. The van der Waals surface area contributed by atoms with Gasteiger partial charge in [-0.15, -0.1) is 0 Å². The highest BCUT2D eigenvalue weighted by atomic mass is 32.2. The summed E-state index contributed by atoms with van der Waals surface area (Å²) < 4.78 is 17.5. The summed E-state index contributed by atoms with van der Waals surface area (Å²) in [6, 6.07) is 29.0. The van der Waals surface area contributed by atoms with Crippen molar-refractivity contribution in [3.05, 3.63) is 107 Å². The van der Waals surface area contributed by atoms with Gasteiger partial charge in [0.25, 0.3) is 11.1 Å². The van der Waals surface area contributed by atoms with E-state index in [0.29, 0.717) is 28.6 Å². The molecule has 0 spiro atoms. The molecule has 1 heterocycles. The summed E-state index contributed by atoms with van der Waals surface area (Å²) in [6.45, 7) is 0.694. The van der Waals surface area contributed by atoms with Crippen LogP contribution in [0.3, 0.4) is 0 Å². The van der Waals surface area contributed by atoms with Crippen molar-refractivity contribution >= 4 is 39.8 Å². The summed E-state index contributed by atoms with van der Waals surface area (Å²) >= 11 is 0.909. The highest BCUT2D eigenvalue weighted by molar-refractivity contribution is 8.18. The molecule has 37 heavy (non-hydrogen) atoms. The van der Waals surface area contributed by atoms with Gasteiger partial charge in [0.2, 0.25) is 0 Å². The van der Waals surface area contributed by atoms with Crippen LogP contribution in [0.1, 0.15) is 11.1 Å². The molecular formula is C30H25NO5S. The maximum atomic E-state index is 13.1. The first-order chi connectivity index (χ1) is 18.1. The van der Waals surface area contributed by atoms with Crippen molar-refractivity contribution in [1.29, 1.82) is 0 Å². The number of carbonyl (C=O) groups is 2. The predicted molar refractivity (Wildman–Crippen MR) is 146 cm³/mol. The molecule has 4 aromatic carbocycles. The van der Waals surface area contributed by atoms with E-state index in [1.165, 1.54) is 4.90 Å². The van der Waals surface area contributed by atoms with E-state index < -0.39 is 0 Å². The maximum absolute atomic E-state index is 13.1. The second-order valence-corrected chi connectivity index (χ2v) is 9.31. The third kappa shape index (κ3) is 5.47. The molecule has 0 saturated carbocycles. The third-order valence-electron chi connectivity index (χ3n) is 5.94. The minimum atomic E-state index is -0.353. The Labute approximate surface area is 219 Å². The number of fused-ring (bicyclic) bond motifs is 1. The summed E-state index contributed by atoms with van der Waals surface area (Å²) in [4.78, 5) is 27.3. The van der Waals surface area contributed by atoms with E-state index in [2.05, 4.69) is 0 Å². The Bertz CT molecular complexity index is 1460. The van der Waals surface area contributed by atoms with Crippen molar-refractivity contribution < 1.29 is 23.8 Å². The van der Waals surface area contributed by atoms with Crippen LogP contribution in [0.5, 0.6) is 17.2 Å². The number of para-hydroxylation sites is 1. The van der Waals surface area contributed by atoms with Crippen LogP contribution in [-0.2, 0) is 11.4 Å². The van der Waals surface area contributed by atoms with E-state index in [0.717, 1.165) is 33.8 Å². The van der Waals surface area contributed by atoms with E-state index in [1.54, 1.807) is 19.3 Å². The molecule has 1 aliphatic rings. The molecule has 0 radical (unpaired) electrons. The number of thioether (sulfide) groups is 1. The minimum absolute atomic E-state index is 0.153. The molecular weight excluding hydrogens is 486 g/mol. The van der Waals surface area contributed by atoms with Crippen LogP contribution >= 0.6 is 11.8 Å². The Morgan fingerprint density at radius 1 is 0.811 bits per heavy atom. The quantitative estimate of drug-likeness (QED) is 0.238. The van der Waals surface area contributed by atoms with E-state index >= 15 is 0 Å². The lowest BCUT2D eigenvalue weighted by Gasteiger charge is -2.15. The van der Waals surface area contributed by atoms with Gasteiger partial charge in [-0.25, -0.2) is 0 Å². The fourth-order valence-corrected chi connectivity index (χ4v) is 4.95. The zero-order valence-corrected chi connectivity index (χ0v) is 21.1. The number of methoxy groups -OCH3 is 1. The number of carbonyl (C=O) groups excluding carboxylic acids is 2. The number of ether oxygens (including phenoxy) is 3. The Kier molecular flexibility index (Phi) is 7.42. The first-order valence-corrected chi connectivity index (χ1v) is 12.7. The predicted octanol–water partition coefficient (Wildman–Crippen LogP) is 6.54. The summed E-state index contributed by atoms with van der Waals surface area (Å²) in [5, 5.41) is 1.73. The molecule has 0 aromatic heterocycles. The van der Waals surface area contributed by atoms with Gasteiger partial charge in [-0.05, 0) is 40.9 Å². The summed E-state index contributed by atoms with van der Waals surface area (Å²) in [7, 11) is 1.57. The molecule has 0 unspecified atom stereocenters. The summed E-state index contributed by atoms with van der Waals surface area (Å²) in [5.74, 6) is 1.43. The SMILES string of the molecule is COc1cccc(/C=C2\SC(=O)N(CCOc3cccc4ccccc34)C2=O)c1OCc1ccccc1. The number of hydrogen-bond acceptors (Lipinski definition) is 6. The van der Waals surface area contributed by atoms with Crippen LogP contribution in [0.2, 0.25) is 0 Å². The van der Waals surface area contributed by atoms with E-state index in [1.807, 2.05) is 84.9 Å². The largest absolute Gasteiger partial charge is 0.493 e. The van der Waals surface area contributed by atoms with Gasteiger partial charge in [-0.1, -0.05) is 78.9 Å². The third-order valence-corrected chi connectivity index (χ3v) is 6.84. The Morgan fingerprint density at radius 3 is 2.38 bits per heavy atom. The molecule has 0 atom stereocenters. The average Bonchev–Trinajstić information content (AvgIpc) is 3.20. The topological polar surface area (TPSA) is 65.1 Å². The molecule has 6 nitrogen and oxygen atoms in total. The molecule has 1 aliphatic heterocycles. The van der Waals surface area contributed by atoms with Gasteiger partial charge in [-0.3, -0.25) is 14.5 Å². The number of benzene rings is 4. The number of imide groups is 1. The average molecular weight is 512 g/mol. The van der Waals surface area contributed by atoms with Crippen LogP contribution in [0.25, 0.3) is 16.8 Å². The number of amides is 2. The standard InChI is InChI=1S/C30H25NO5S/c1-34-26-16-8-13-23(28(26)36-20-21-9-3-2-4-10-21)19-27-29(32)31(30(33)37-27)17-18-35-25-15-7-12-22-11-5-6-14-24(22)25/h2-16,19H,17-18,20H2,1H3/b27-19-. The fraction of sp³-hybridized carbons (Fsp3) is 0.133. The van der Waals surface area contributed by atoms with Gasteiger partial charge in [0.05, 0.1) is 18.6 Å². The molecule has 5 rings (SSSR count). The van der Waals surface area contributed by atoms with Crippen LogP contribution in [0.4, 0.5) is 4.79 Å². The van der Waals surface area contributed by atoms with Crippen molar-refractivity contribution in [2.75, 3.05) is 20.3 Å². The molecule has 4 aromatic rings. The zero-order valence-electron chi connectivity index (χ0n) is 20.3. The Balaban J connectivity index is 1.30. The normalized spacial score (nSPS) is 14.4. The van der Waals surface area contributed by atoms with Crippen molar-refractivity contribution in [3.63, 3.8) is 0 Å². The maximum Gasteiger partial charge on any atom is 0.293 e. The molecule has 1 saturated heterocycles. The van der Waals surface area contributed by atoms with Crippen molar-refractivity contribution in [2.45, 2.75) is 6.61 Å². The van der Waals surface area contributed by atoms with Gasteiger partial charge in [0, 0.05) is 10.9 Å². The summed E-state index contributed by atoms with van der Waals surface area (Å²) in [5.41, 5.74) is 1.67. The first-order valence-electron chi connectivity index (χ1n) is 11.8. The molecule has 186 valence electrons. The second kappa shape index (κ2) is 11.2. The minimum Gasteiger partial charge on any atom is -0.493 e. The number of hydrogen-bond donors (Lipinski definition) is 0. The van der Waals surface area contributed by atoms with E-state index in [4.69, 9.17) is 14.2 Å². The number of rotatable bonds is 9. The smallest absolute Gasteiger partial charge is 0.293 e. The van der Waals surface area contributed by atoms with Gasteiger partial charge < -0.3 is 14.2 Å². The monoisotopic (exact) mass is 511 g/mol. The van der Waals surface area contributed by atoms with Crippen LogP contribution in [-0.4, -0.2) is 36.3 Å². The Hall–Kier alpha value is -4.23.